The summed E-state index contributed by atoms with van der Waals surface area (Å²) in [5, 5.41) is 2.47. The van der Waals surface area contributed by atoms with Crippen LogP contribution in [0, 0.1) is 13.8 Å². The number of benzene rings is 7. The standard InChI is InChI=1S/C45H37N/c1-30-12-5-7-15-37(30)38-26-22-34(28-31(38)2)32-20-23-35(24-21-32)46(44-19-11-14-33-13-6-8-16-39(33)44)36-25-27-43-41(29-36)40-17-9-10-18-42(40)45(43,3)4/h5-29H,1-4H3. The first kappa shape index (κ1) is 28.1. The van der Waals surface area contributed by atoms with Crippen molar-refractivity contribution >= 4 is 27.8 Å². The molecule has 1 heteroatoms. The van der Waals surface area contributed by atoms with Crippen LogP contribution in [0.15, 0.2) is 152 Å². The number of hydrogen-bond acceptors (Lipinski definition) is 1. The maximum Gasteiger partial charge on any atom is 0.0540 e. The average Bonchev–Trinajstić information content (AvgIpc) is 3.31. The minimum atomic E-state index is -0.0245. The van der Waals surface area contributed by atoms with E-state index in [1.54, 1.807) is 0 Å². The zero-order chi connectivity index (χ0) is 31.4. The number of nitrogens with zero attached hydrogens (tertiary/aromatic N) is 1. The fourth-order valence-electron chi connectivity index (χ4n) is 7.50. The fourth-order valence-corrected chi connectivity index (χ4v) is 7.50. The van der Waals surface area contributed by atoms with E-state index in [1.165, 1.54) is 72.1 Å². The first-order chi connectivity index (χ1) is 22.4. The summed E-state index contributed by atoms with van der Waals surface area (Å²) in [6.45, 7) is 9.08. The van der Waals surface area contributed by atoms with Crippen molar-refractivity contribution in [2.75, 3.05) is 4.90 Å². The lowest BCUT2D eigenvalue weighted by molar-refractivity contribution is 0.660. The molecule has 0 amide bonds. The van der Waals surface area contributed by atoms with Crippen LogP contribution in [0.4, 0.5) is 17.1 Å². The molecule has 1 aliphatic carbocycles. The van der Waals surface area contributed by atoms with Gasteiger partial charge in [0.25, 0.3) is 0 Å². The van der Waals surface area contributed by atoms with Gasteiger partial charge in [0.1, 0.15) is 0 Å². The molecule has 222 valence electrons. The maximum absolute atomic E-state index is 2.42. The number of aryl methyl sites for hydroxylation is 2. The molecule has 0 fully saturated rings. The second-order valence-electron chi connectivity index (χ2n) is 13.1. The Labute approximate surface area is 272 Å². The van der Waals surface area contributed by atoms with Gasteiger partial charge in [-0.05, 0) is 105 Å². The van der Waals surface area contributed by atoms with E-state index >= 15 is 0 Å². The van der Waals surface area contributed by atoms with Gasteiger partial charge in [-0.1, -0.05) is 135 Å². The summed E-state index contributed by atoms with van der Waals surface area (Å²) in [5.41, 5.74) is 16.5. The van der Waals surface area contributed by atoms with Crippen LogP contribution in [0.25, 0.3) is 44.2 Å². The molecule has 0 atom stereocenters. The Morgan fingerprint density at radius 1 is 0.435 bits per heavy atom. The van der Waals surface area contributed by atoms with Crippen LogP contribution < -0.4 is 4.90 Å². The molecule has 46 heavy (non-hydrogen) atoms. The molecule has 0 bridgehead atoms. The van der Waals surface area contributed by atoms with Gasteiger partial charge in [0.05, 0.1) is 5.69 Å². The topological polar surface area (TPSA) is 3.24 Å². The van der Waals surface area contributed by atoms with Gasteiger partial charge in [-0.15, -0.1) is 0 Å². The molecule has 0 unspecified atom stereocenters. The van der Waals surface area contributed by atoms with E-state index < -0.39 is 0 Å². The van der Waals surface area contributed by atoms with E-state index in [-0.39, 0.29) is 5.41 Å². The van der Waals surface area contributed by atoms with Crippen molar-refractivity contribution in [3.05, 3.63) is 174 Å². The van der Waals surface area contributed by atoms with Crippen LogP contribution in [-0.4, -0.2) is 0 Å². The van der Waals surface area contributed by atoms with Crippen LogP contribution in [0.1, 0.15) is 36.1 Å². The lowest BCUT2D eigenvalue weighted by atomic mass is 9.82. The Hall–Kier alpha value is -5.40. The van der Waals surface area contributed by atoms with Crippen molar-refractivity contribution in [1.82, 2.24) is 0 Å². The summed E-state index contributed by atoms with van der Waals surface area (Å²) in [6, 6.07) is 55.8. The van der Waals surface area contributed by atoms with Crippen molar-refractivity contribution in [2.45, 2.75) is 33.1 Å². The number of rotatable bonds is 5. The summed E-state index contributed by atoms with van der Waals surface area (Å²) >= 11 is 0. The second kappa shape index (κ2) is 10.9. The maximum atomic E-state index is 2.42. The van der Waals surface area contributed by atoms with Crippen molar-refractivity contribution in [3.8, 4) is 33.4 Å². The molecule has 0 saturated heterocycles. The SMILES string of the molecule is Cc1ccccc1-c1ccc(-c2ccc(N(c3ccc4c(c3)-c3ccccc3C4(C)C)c3cccc4ccccc34)cc2)cc1C. The molecule has 0 N–H and O–H groups in total. The highest BCUT2D eigenvalue weighted by molar-refractivity contribution is 5.99. The molecule has 0 radical (unpaired) electrons. The summed E-state index contributed by atoms with van der Waals surface area (Å²) in [4.78, 5) is 2.42. The summed E-state index contributed by atoms with van der Waals surface area (Å²) < 4.78 is 0. The van der Waals surface area contributed by atoms with Crippen molar-refractivity contribution < 1.29 is 0 Å². The van der Waals surface area contributed by atoms with E-state index in [0.717, 1.165) is 11.4 Å². The van der Waals surface area contributed by atoms with Crippen molar-refractivity contribution in [2.24, 2.45) is 0 Å². The Kier molecular flexibility index (Phi) is 6.65. The molecule has 0 saturated carbocycles. The third kappa shape index (κ3) is 4.54. The highest BCUT2D eigenvalue weighted by atomic mass is 15.1. The third-order valence-corrected chi connectivity index (χ3v) is 9.95. The van der Waals surface area contributed by atoms with Crippen molar-refractivity contribution in [3.63, 3.8) is 0 Å². The lowest BCUT2D eigenvalue weighted by Crippen LogP contribution is -2.15. The molecule has 8 rings (SSSR count). The fraction of sp³-hybridized carbons (Fsp3) is 0.111. The van der Waals surface area contributed by atoms with Crippen LogP contribution in [0.2, 0.25) is 0 Å². The van der Waals surface area contributed by atoms with Crippen LogP contribution in [0.3, 0.4) is 0 Å². The molecule has 1 aliphatic rings. The number of fused-ring (bicyclic) bond motifs is 4. The van der Waals surface area contributed by atoms with E-state index in [1.807, 2.05) is 0 Å². The third-order valence-electron chi connectivity index (χ3n) is 9.95. The van der Waals surface area contributed by atoms with E-state index in [0.29, 0.717) is 0 Å². The van der Waals surface area contributed by atoms with Gasteiger partial charge in [0, 0.05) is 22.2 Å². The monoisotopic (exact) mass is 591 g/mol. The second-order valence-corrected chi connectivity index (χ2v) is 13.1. The number of anilines is 3. The molecule has 0 spiro atoms. The van der Waals surface area contributed by atoms with Gasteiger partial charge in [-0.2, -0.15) is 0 Å². The van der Waals surface area contributed by atoms with Gasteiger partial charge >= 0.3 is 0 Å². The van der Waals surface area contributed by atoms with E-state index in [4.69, 9.17) is 0 Å². The predicted octanol–water partition coefficient (Wildman–Crippen LogP) is 12.6. The zero-order valence-corrected chi connectivity index (χ0v) is 26.9. The highest BCUT2D eigenvalue weighted by Crippen LogP contribution is 2.51. The minimum absolute atomic E-state index is 0.0245. The van der Waals surface area contributed by atoms with E-state index in [9.17, 15) is 0 Å². The molecule has 0 aromatic heterocycles. The first-order valence-electron chi connectivity index (χ1n) is 16.2. The quantitative estimate of drug-likeness (QED) is 0.192. The Balaban J connectivity index is 1.24. The van der Waals surface area contributed by atoms with Gasteiger partial charge in [0.15, 0.2) is 0 Å². The zero-order valence-electron chi connectivity index (χ0n) is 26.9. The molecular formula is C45H37N. The van der Waals surface area contributed by atoms with E-state index in [2.05, 4.69) is 184 Å². The Morgan fingerprint density at radius 2 is 1.07 bits per heavy atom. The highest BCUT2D eigenvalue weighted by Gasteiger charge is 2.35. The van der Waals surface area contributed by atoms with Gasteiger partial charge in [-0.25, -0.2) is 0 Å². The predicted molar refractivity (Wildman–Crippen MR) is 197 cm³/mol. The summed E-state index contributed by atoms with van der Waals surface area (Å²) in [7, 11) is 0. The van der Waals surface area contributed by atoms with Crippen LogP contribution >= 0.6 is 0 Å². The molecule has 7 aromatic rings. The van der Waals surface area contributed by atoms with Gasteiger partial charge in [0.2, 0.25) is 0 Å². The smallest absolute Gasteiger partial charge is 0.0540 e. The normalized spacial score (nSPS) is 13.0. The molecule has 0 heterocycles. The Morgan fingerprint density at radius 3 is 1.87 bits per heavy atom. The van der Waals surface area contributed by atoms with Crippen LogP contribution in [0.5, 0.6) is 0 Å². The largest absolute Gasteiger partial charge is 0.310 e. The first-order valence-corrected chi connectivity index (χ1v) is 16.2. The molecule has 7 aromatic carbocycles. The summed E-state index contributed by atoms with van der Waals surface area (Å²) in [5.74, 6) is 0. The Bertz CT molecular complexity index is 2250. The van der Waals surface area contributed by atoms with Gasteiger partial charge in [-0.3, -0.25) is 0 Å². The lowest BCUT2D eigenvalue weighted by Gasteiger charge is -2.28. The minimum Gasteiger partial charge on any atom is -0.310 e. The molecular weight excluding hydrogens is 555 g/mol. The summed E-state index contributed by atoms with van der Waals surface area (Å²) in [6.07, 6.45) is 0. The van der Waals surface area contributed by atoms with Crippen LogP contribution in [-0.2, 0) is 5.41 Å². The molecule has 0 aliphatic heterocycles. The molecule has 1 nitrogen and oxygen atoms in total. The van der Waals surface area contributed by atoms with Gasteiger partial charge < -0.3 is 4.90 Å². The number of hydrogen-bond donors (Lipinski definition) is 0. The average molecular weight is 592 g/mol. The van der Waals surface area contributed by atoms with Crippen molar-refractivity contribution in [1.29, 1.82) is 0 Å².